The van der Waals surface area contributed by atoms with E-state index in [1.807, 2.05) is 28.8 Å². The molecule has 4 rings (SSSR count). The van der Waals surface area contributed by atoms with Gasteiger partial charge in [0.05, 0.1) is 24.2 Å². The summed E-state index contributed by atoms with van der Waals surface area (Å²) in [4.78, 5) is 6.75. The molecule has 0 saturated carbocycles. The summed E-state index contributed by atoms with van der Waals surface area (Å²) in [6.07, 6.45) is 0. The van der Waals surface area contributed by atoms with E-state index in [9.17, 15) is 0 Å². The Morgan fingerprint density at radius 1 is 0.909 bits per heavy atom. The topological polar surface area (TPSA) is 56.3 Å². The van der Waals surface area contributed by atoms with Crippen LogP contribution in [0.5, 0.6) is 0 Å². The van der Waals surface area contributed by atoms with Crippen molar-refractivity contribution in [1.82, 2.24) is 9.55 Å². The second-order valence-corrected chi connectivity index (χ2v) is 5.41. The highest BCUT2D eigenvalue weighted by molar-refractivity contribution is 5.80. The number of benzene rings is 2. The maximum Gasteiger partial charge on any atom is 0.205 e. The third-order valence-corrected chi connectivity index (χ3v) is 4.07. The number of nitrogen functional groups attached to an aromatic ring is 1. The zero-order valence-corrected chi connectivity index (χ0v) is 12.3. The number of nitrogens with two attached hydrogens (primary N) is 1. The van der Waals surface area contributed by atoms with Gasteiger partial charge in [-0.2, -0.15) is 0 Å². The van der Waals surface area contributed by atoms with E-state index >= 15 is 0 Å². The van der Waals surface area contributed by atoms with Crippen LogP contribution in [0, 0.1) is 0 Å². The highest BCUT2D eigenvalue weighted by Crippen LogP contribution is 2.25. The standard InChI is InChI=1S/C17H18N4O/c18-17-19-15-3-1-2-4-16(15)21(17)14-7-5-13(6-8-14)20-9-11-22-12-10-20/h1-8H,9-12H2,(H2,18,19). The molecule has 112 valence electrons. The first-order chi connectivity index (χ1) is 10.8. The summed E-state index contributed by atoms with van der Waals surface area (Å²) >= 11 is 0. The predicted molar refractivity (Wildman–Crippen MR) is 88.5 cm³/mol. The fourth-order valence-corrected chi connectivity index (χ4v) is 2.95. The molecule has 1 aromatic heterocycles. The van der Waals surface area contributed by atoms with Gasteiger partial charge in [0.2, 0.25) is 5.95 Å². The molecule has 0 radical (unpaired) electrons. The maximum absolute atomic E-state index is 6.09. The SMILES string of the molecule is Nc1nc2ccccc2n1-c1ccc(N2CCOCC2)cc1. The van der Waals surface area contributed by atoms with Gasteiger partial charge in [0.1, 0.15) is 0 Å². The fourth-order valence-electron chi connectivity index (χ4n) is 2.95. The maximum atomic E-state index is 6.09. The van der Waals surface area contributed by atoms with Gasteiger partial charge in [-0.05, 0) is 36.4 Å². The fraction of sp³-hybridized carbons (Fsp3) is 0.235. The zero-order chi connectivity index (χ0) is 14.9. The number of para-hydroxylation sites is 2. The molecular weight excluding hydrogens is 276 g/mol. The number of aromatic nitrogens is 2. The lowest BCUT2D eigenvalue weighted by molar-refractivity contribution is 0.122. The van der Waals surface area contributed by atoms with Crippen LogP contribution in [0.3, 0.4) is 0 Å². The highest BCUT2D eigenvalue weighted by Gasteiger charge is 2.13. The van der Waals surface area contributed by atoms with E-state index in [1.54, 1.807) is 0 Å². The van der Waals surface area contributed by atoms with Crippen LogP contribution in [0.15, 0.2) is 48.5 Å². The van der Waals surface area contributed by atoms with E-state index in [0.29, 0.717) is 5.95 Å². The Morgan fingerprint density at radius 2 is 1.59 bits per heavy atom. The Morgan fingerprint density at radius 3 is 2.36 bits per heavy atom. The Hall–Kier alpha value is -2.53. The van der Waals surface area contributed by atoms with E-state index in [0.717, 1.165) is 43.0 Å². The number of rotatable bonds is 2. The Bertz CT molecular complexity index is 788. The van der Waals surface area contributed by atoms with Crippen LogP contribution in [0.25, 0.3) is 16.7 Å². The van der Waals surface area contributed by atoms with Gasteiger partial charge in [-0.25, -0.2) is 4.98 Å². The molecule has 2 heterocycles. The molecule has 0 aliphatic carbocycles. The summed E-state index contributed by atoms with van der Waals surface area (Å²) in [5.74, 6) is 0.514. The molecule has 1 fully saturated rings. The van der Waals surface area contributed by atoms with Crippen molar-refractivity contribution in [2.75, 3.05) is 36.9 Å². The van der Waals surface area contributed by atoms with E-state index in [4.69, 9.17) is 10.5 Å². The van der Waals surface area contributed by atoms with E-state index in [2.05, 4.69) is 34.1 Å². The van der Waals surface area contributed by atoms with Crippen LogP contribution < -0.4 is 10.6 Å². The number of imidazole rings is 1. The molecule has 0 atom stereocenters. The quantitative estimate of drug-likeness (QED) is 0.789. The first-order valence-corrected chi connectivity index (χ1v) is 7.49. The van der Waals surface area contributed by atoms with Crippen molar-refractivity contribution in [3.8, 4) is 5.69 Å². The van der Waals surface area contributed by atoms with E-state index in [-0.39, 0.29) is 0 Å². The van der Waals surface area contributed by atoms with Crippen molar-refractivity contribution in [2.45, 2.75) is 0 Å². The number of morpholine rings is 1. The summed E-state index contributed by atoms with van der Waals surface area (Å²) < 4.78 is 7.38. The number of ether oxygens (including phenoxy) is 1. The Balaban J connectivity index is 1.71. The molecule has 1 aliphatic rings. The molecule has 3 aromatic rings. The molecule has 1 aliphatic heterocycles. The summed E-state index contributed by atoms with van der Waals surface area (Å²) in [7, 11) is 0. The minimum Gasteiger partial charge on any atom is -0.378 e. The number of nitrogens with zero attached hydrogens (tertiary/aromatic N) is 3. The summed E-state index contributed by atoms with van der Waals surface area (Å²) in [6, 6.07) is 16.4. The Labute approximate surface area is 128 Å². The van der Waals surface area contributed by atoms with Crippen LogP contribution in [0.4, 0.5) is 11.6 Å². The van der Waals surface area contributed by atoms with Crippen molar-refractivity contribution in [3.05, 3.63) is 48.5 Å². The summed E-state index contributed by atoms with van der Waals surface area (Å²) in [5.41, 5.74) is 10.3. The van der Waals surface area contributed by atoms with Crippen LogP contribution in [-0.2, 0) is 4.74 Å². The van der Waals surface area contributed by atoms with Gasteiger partial charge in [0.15, 0.2) is 0 Å². The van der Waals surface area contributed by atoms with Crippen LogP contribution in [0.2, 0.25) is 0 Å². The minimum absolute atomic E-state index is 0.514. The number of hydrogen-bond donors (Lipinski definition) is 1. The Kier molecular flexibility index (Phi) is 3.20. The van der Waals surface area contributed by atoms with E-state index in [1.165, 1.54) is 5.69 Å². The van der Waals surface area contributed by atoms with Gasteiger partial charge >= 0.3 is 0 Å². The summed E-state index contributed by atoms with van der Waals surface area (Å²) in [6.45, 7) is 3.46. The van der Waals surface area contributed by atoms with Gasteiger partial charge in [-0.15, -0.1) is 0 Å². The van der Waals surface area contributed by atoms with Crippen LogP contribution in [-0.4, -0.2) is 35.9 Å². The van der Waals surface area contributed by atoms with Crippen LogP contribution in [0.1, 0.15) is 0 Å². The van der Waals surface area contributed by atoms with Gasteiger partial charge in [0.25, 0.3) is 0 Å². The predicted octanol–water partition coefficient (Wildman–Crippen LogP) is 2.44. The van der Waals surface area contributed by atoms with Gasteiger partial charge < -0.3 is 15.4 Å². The number of hydrogen-bond acceptors (Lipinski definition) is 4. The third kappa shape index (κ3) is 2.19. The zero-order valence-electron chi connectivity index (χ0n) is 12.3. The third-order valence-electron chi connectivity index (χ3n) is 4.07. The molecule has 1 saturated heterocycles. The second-order valence-electron chi connectivity index (χ2n) is 5.41. The molecule has 0 bridgehead atoms. The van der Waals surface area contributed by atoms with Gasteiger partial charge in [-0.3, -0.25) is 4.57 Å². The summed E-state index contributed by atoms with van der Waals surface area (Å²) in [5, 5.41) is 0. The normalized spacial score (nSPS) is 15.4. The van der Waals surface area contributed by atoms with Crippen molar-refractivity contribution >= 4 is 22.7 Å². The lowest BCUT2D eigenvalue weighted by Gasteiger charge is -2.29. The monoisotopic (exact) mass is 294 g/mol. The highest BCUT2D eigenvalue weighted by atomic mass is 16.5. The number of fused-ring (bicyclic) bond motifs is 1. The molecule has 0 spiro atoms. The first-order valence-electron chi connectivity index (χ1n) is 7.49. The van der Waals surface area contributed by atoms with Gasteiger partial charge in [0, 0.05) is 24.5 Å². The lowest BCUT2D eigenvalue weighted by atomic mass is 10.2. The van der Waals surface area contributed by atoms with Crippen molar-refractivity contribution < 1.29 is 4.74 Å². The van der Waals surface area contributed by atoms with Crippen LogP contribution >= 0.6 is 0 Å². The molecule has 5 heteroatoms. The molecule has 5 nitrogen and oxygen atoms in total. The average Bonchev–Trinajstić information content (AvgIpc) is 2.91. The van der Waals surface area contributed by atoms with Crippen molar-refractivity contribution in [3.63, 3.8) is 0 Å². The molecule has 22 heavy (non-hydrogen) atoms. The minimum atomic E-state index is 0.514. The largest absolute Gasteiger partial charge is 0.378 e. The van der Waals surface area contributed by atoms with Gasteiger partial charge in [-0.1, -0.05) is 12.1 Å². The molecule has 0 amide bonds. The van der Waals surface area contributed by atoms with Crippen molar-refractivity contribution in [1.29, 1.82) is 0 Å². The molecule has 2 N–H and O–H groups in total. The van der Waals surface area contributed by atoms with E-state index < -0.39 is 0 Å². The second kappa shape index (κ2) is 5.35. The first kappa shape index (κ1) is 13.2. The average molecular weight is 294 g/mol. The molecule has 2 aromatic carbocycles. The van der Waals surface area contributed by atoms with Crippen molar-refractivity contribution in [2.24, 2.45) is 0 Å². The lowest BCUT2D eigenvalue weighted by Crippen LogP contribution is -2.36. The number of anilines is 2. The molecular formula is C17H18N4O. The smallest absolute Gasteiger partial charge is 0.205 e. The molecule has 0 unspecified atom stereocenters.